The summed E-state index contributed by atoms with van der Waals surface area (Å²) in [6, 6.07) is 0. The highest BCUT2D eigenvalue weighted by Crippen LogP contribution is 1.95. The second-order valence-electron chi connectivity index (χ2n) is 3.40. The molecule has 0 aromatic heterocycles. The fraction of sp³-hybridized carbons (Fsp3) is 0.800. The van der Waals surface area contributed by atoms with Crippen LogP contribution in [0.1, 0.15) is 20.3 Å². The van der Waals surface area contributed by atoms with E-state index in [2.05, 4.69) is 10.1 Å². The fourth-order valence-corrected chi connectivity index (χ4v) is 0.865. The average Bonchev–Trinajstić information content (AvgIpc) is 2.26. The minimum absolute atomic E-state index is 0.0171. The molecule has 2 unspecified atom stereocenters. The van der Waals surface area contributed by atoms with E-state index < -0.39 is 12.1 Å². The Labute approximate surface area is 94.9 Å². The molecule has 6 heteroatoms. The van der Waals surface area contributed by atoms with Crippen molar-refractivity contribution in [1.29, 1.82) is 0 Å². The second-order valence-corrected chi connectivity index (χ2v) is 3.40. The third-order valence-electron chi connectivity index (χ3n) is 2.12. The van der Waals surface area contributed by atoms with Crippen LogP contribution in [-0.4, -0.2) is 49.5 Å². The number of carboxylic acid groups (broad SMARTS) is 1. The van der Waals surface area contributed by atoms with Crippen molar-refractivity contribution < 1.29 is 24.2 Å². The van der Waals surface area contributed by atoms with Gasteiger partial charge in [0, 0.05) is 7.11 Å². The molecule has 0 aliphatic rings. The predicted molar refractivity (Wildman–Crippen MR) is 57.1 cm³/mol. The average molecular weight is 233 g/mol. The van der Waals surface area contributed by atoms with Gasteiger partial charge < -0.3 is 19.9 Å². The molecule has 0 aromatic rings. The van der Waals surface area contributed by atoms with E-state index in [1.54, 1.807) is 0 Å². The molecule has 94 valence electrons. The van der Waals surface area contributed by atoms with E-state index in [1.807, 2.05) is 13.8 Å². The fourth-order valence-electron chi connectivity index (χ4n) is 0.865. The van der Waals surface area contributed by atoms with Crippen molar-refractivity contribution >= 4 is 11.9 Å². The van der Waals surface area contributed by atoms with Gasteiger partial charge in [0.05, 0.1) is 12.6 Å². The van der Waals surface area contributed by atoms with Crippen LogP contribution in [0.3, 0.4) is 0 Å². The summed E-state index contributed by atoms with van der Waals surface area (Å²) in [5.74, 6) is -1.45. The Kier molecular flexibility index (Phi) is 7.49. The number of amides is 1. The molecule has 16 heavy (non-hydrogen) atoms. The summed E-state index contributed by atoms with van der Waals surface area (Å²) >= 11 is 0. The number of aliphatic carboxylic acids is 1. The molecule has 0 aromatic carbocycles. The quantitative estimate of drug-likeness (QED) is 0.617. The zero-order valence-electron chi connectivity index (χ0n) is 9.86. The molecule has 0 heterocycles. The van der Waals surface area contributed by atoms with Crippen LogP contribution < -0.4 is 5.32 Å². The summed E-state index contributed by atoms with van der Waals surface area (Å²) in [5.41, 5.74) is 0. The van der Waals surface area contributed by atoms with E-state index in [0.717, 1.165) is 6.42 Å². The number of rotatable bonds is 8. The zero-order chi connectivity index (χ0) is 12.6. The lowest BCUT2D eigenvalue weighted by molar-refractivity contribution is -0.148. The van der Waals surface area contributed by atoms with Gasteiger partial charge in [0.2, 0.25) is 5.91 Å². The smallest absolute Gasteiger partial charge is 0.334 e. The molecule has 0 rings (SSSR count). The molecule has 0 aliphatic carbocycles. The second kappa shape index (κ2) is 8.06. The van der Waals surface area contributed by atoms with Crippen LogP contribution in [-0.2, 0) is 19.1 Å². The molecule has 0 saturated carbocycles. The van der Waals surface area contributed by atoms with Crippen LogP contribution in [0.25, 0.3) is 0 Å². The molecule has 0 saturated heterocycles. The van der Waals surface area contributed by atoms with Gasteiger partial charge in [0.25, 0.3) is 0 Å². The highest BCUT2D eigenvalue weighted by Gasteiger charge is 2.17. The summed E-state index contributed by atoms with van der Waals surface area (Å²) in [6.07, 6.45) is -0.181. The SMILES string of the molecule is CCC(C)OCC(=O)NCC(OC)C(=O)O. The molecule has 0 spiro atoms. The summed E-state index contributed by atoms with van der Waals surface area (Å²) < 4.78 is 9.83. The molecule has 1 amide bonds. The van der Waals surface area contributed by atoms with Crippen LogP contribution in [0.4, 0.5) is 0 Å². The minimum Gasteiger partial charge on any atom is -0.479 e. The first-order valence-corrected chi connectivity index (χ1v) is 5.15. The van der Waals surface area contributed by atoms with Crippen LogP contribution >= 0.6 is 0 Å². The highest BCUT2D eigenvalue weighted by atomic mass is 16.5. The molecular weight excluding hydrogens is 214 g/mol. The Morgan fingerprint density at radius 2 is 2.06 bits per heavy atom. The van der Waals surface area contributed by atoms with Gasteiger partial charge in [0.1, 0.15) is 6.61 Å². The standard InChI is InChI=1S/C10H19NO5/c1-4-7(2)16-6-9(12)11-5-8(15-3)10(13)14/h7-8H,4-6H2,1-3H3,(H,11,12)(H,13,14). The molecule has 0 fully saturated rings. The topological polar surface area (TPSA) is 84.9 Å². The lowest BCUT2D eigenvalue weighted by atomic mass is 10.3. The van der Waals surface area contributed by atoms with Crippen molar-refractivity contribution in [3.05, 3.63) is 0 Å². The molecule has 0 radical (unpaired) electrons. The summed E-state index contributed by atoms with van der Waals surface area (Å²) in [5, 5.41) is 11.1. The van der Waals surface area contributed by atoms with Crippen molar-refractivity contribution in [2.75, 3.05) is 20.3 Å². The van der Waals surface area contributed by atoms with Gasteiger partial charge >= 0.3 is 5.97 Å². The van der Waals surface area contributed by atoms with Gasteiger partial charge in [-0.15, -0.1) is 0 Å². The van der Waals surface area contributed by atoms with Gasteiger partial charge in [0.15, 0.2) is 6.10 Å². The molecular formula is C10H19NO5. The van der Waals surface area contributed by atoms with Crippen molar-refractivity contribution in [1.82, 2.24) is 5.32 Å². The van der Waals surface area contributed by atoms with Crippen molar-refractivity contribution in [2.24, 2.45) is 0 Å². The Morgan fingerprint density at radius 1 is 1.44 bits per heavy atom. The summed E-state index contributed by atoms with van der Waals surface area (Å²) in [6.45, 7) is 3.69. The first-order chi connectivity index (χ1) is 7.51. The normalized spacial score (nSPS) is 14.2. The zero-order valence-corrected chi connectivity index (χ0v) is 9.86. The number of carboxylic acids is 1. The predicted octanol–water partition coefficient (Wildman–Crippen LogP) is 0.0173. The van der Waals surface area contributed by atoms with Crippen molar-refractivity contribution in [2.45, 2.75) is 32.5 Å². The van der Waals surface area contributed by atoms with E-state index in [9.17, 15) is 9.59 Å². The van der Waals surface area contributed by atoms with Gasteiger partial charge in [-0.2, -0.15) is 0 Å². The molecule has 2 atom stereocenters. The number of hydrogen-bond acceptors (Lipinski definition) is 4. The lowest BCUT2D eigenvalue weighted by Crippen LogP contribution is -2.39. The van der Waals surface area contributed by atoms with E-state index >= 15 is 0 Å². The van der Waals surface area contributed by atoms with E-state index in [-0.39, 0.29) is 25.2 Å². The summed E-state index contributed by atoms with van der Waals surface area (Å²) in [7, 11) is 1.28. The number of carbonyl (C=O) groups is 2. The molecule has 0 aliphatic heterocycles. The first-order valence-electron chi connectivity index (χ1n) is 5.15. The lowest BCUT2D eigenvalue weighted by Gasteiger charge is -2.13. The molecule has 2 N–H and O–H groups in total. The number of hydrogen-bond donors (Lipinski definition) is 2. The minimum atomic E-state index is -1.11. The highest BCUT2D eigenvalue weighted by molar-refractivity contribution is 5.79. The molecule has 6 nitrogen and oxygen atoms in total. The van der Waals surface area contributed by atoms with Crippen LogP contribution in [0.2, 0.25) is 0 Å². The Balaban J connectivity index is 3.76. The van der Waals surface area contributed by atoms with E-state index in [0.29, 0.717) is 0 Å². The number of methoxy groups -OCH3 is 1. The van der Waals surface area contributed by atoms with Gasteiger partial charge in [-0.05, 0) is 13.3 Å². The van der Waals surface area contributed by atoms with Crippen LogP contribution in [0.5, 0.6) is 0 Å². The Hall–Kier alpha value is -1.14. The monoisotopic (exact) mass is 233 g/mol. The summed E-state index contributed by atoms with van der Waals surface area (Å²) in [4.78, 5) is 21.8. The first kappa shape index (κ1) is 14.9. The van der Waals surface area contributed by atoms with E-state index in [1.165, 1.54) is 7.11 Å². The molecule has 0 bridgehead atoms. The van der Waals surface area contributed by atoms with Crippen LogP contribution in [0, 0.1) is 0 Å². The van der Waals surface area contributed by atoms with E-state index in [4.69, 9.17) is 9.84 Å². The van der Waals surface area contributed by atoms with Gasteiger partial charge in [-0.25, -0.2) is 4.79 Å². The maximum Gasteiger partial charge on any atom is 0.334 e. The number of nitrogens with one attached hydrogen (secondary N) is 1. The van der Waals surface area contributed by atoms with Crippen LogP contribution in [0.15, 0.2) is 0 Å². The number of carbonyl (C=O) groups excluding carboxylic acids is 1. The van der Waals surface area contributed by atoms with Gasteiger partial charge in [-0.3, -0.25) is 4.79 Å². The third kappa shape index (κ3) is 6.36. The number of ether oxygens (including phenoxy) is 2. The maximum atomic E-state index is 11.2. The van der Waals surface area contributed by atoms with Crippen molar-refractivity contribution in [3.63, 3.8) is 0 Å². The maximum absolute atomic E-state index is 11.2. The Morgan fingerprint density at radius 3 is 2.50 bits per heavy atom. The third-order valence-corrected chi connectivity index (χ3v) is 2.12. The Bertz CT molecular complexity index is 231. The largest absolute Gasteiger partial charge is 0.479 e. The van der Waals surface area contributed by atoms with Crippen molar-refractivity contribution in [3.8, 4) is 0 Å². The van der Waals surface area contributed by atoms with Gasteiger partial charge in [-0.1, -0.05) is 6.92 Å².